The SMILES string of the molecule is [2H]c1c([2H])c([2H])c(-c2c([2H])c([2H])c(-c3c([2H])c([2H])c(N(c4ccccc4)c4cccc(-c5cccc6ccccc56)c4)c([2H])c3[2H])c([2H])c2[2H])c([2H])c1[2H]. The molecule has 0 N–H and O–H groups in total. The molecule has 0 aliphatic carbocycles. The van der Waals surface area contributed by atoms with Crippen molar-refractivity contribution in [2.75, 3.05) is 4.90 Å². The van der Waals surface area contributed by atoms with Crippen molar-refractivity contribution in [2.24, 2.45) is 0 Å². The smallest absolute Gasteiger partial charge is 0.0645 e. The lowest BCUT2D eigenvalue weighted by Gasteiger charge is -2.26. The van der Waals surface area contributed by atoms with E-state index in [4.69, 9.17) is 15.1 Å². The molecule has 1 nitrogen and oxygen atoms in total. The van der Waals surface area contributed by atoms with Crippen molar-refractivity contribution in [1.29, 1.82) is 0 Å². The van der Waals surface area contributed by atoms with E-state index < -0.39 is 101 Å². The van der Waals surface area contributed by atoms with Crippen LogP contribution in [0.3, 0.4) is 0 Å². The van der Waals surface area contributed by atoms with Gasteiger partial charge in [0.25, 0.3) is 0 Å². The Balaban J connectivity index is 1.45. The van der Waals surface area contributed by atoms with Crippen LogP contribution in [-0.2, 0) is 0 Å². The summed E-state index contributed by atoms with van der Waals surface area (Å²) in [6.07, 6.45) is 0. The van der Waals surface area contributed by atoms with Gasteiger partial charge in [-0.25, -0.2) is 0 Å². The maximum atomic E-state index is 9.27. The van der Waals surface area contributed by atoms with Gasteiger partial charge in [-0.15, -0.1) is 0 Å². The van der Waals surface area contributed by atoms with Gasteiger partial charge < -0.3 is 4.90 Å². The molecule has 41 heavy (non-hydrogen) atoms. The normalized spacial score (nSPS) is 15.4. The molecule has 0 saturated heterocycles. The van der Waals surface area contributed by atoms with E-state index in [1.165, 1.54) is 0 Å². The van der Waals surface area contributed by atoms with Gasteiger partial charge in [0.15, 0.2) is 0 Å². The monoisotopic (exact) mass is 536 g/mol. The second-order valence-electron chi connectivity index (χ2n) is 9.22. The average molecular weight is 537 g/mol. The van der Waals surface area contributed by atoms with E-state index in [-0.39, 0.29) is 5.69 Å². The minimum Gasteiger partial charge on any atom is -0.310 e. The van der Waals surface area contributed by atoms with Gasteiger partial charge in [-0.05, 0) is 80.5 Å². The first kappa shape index (κ1) is 14.3. The summed E-state index contributed by atoms with van der Waals surface area (Å²) in [5, 5.41) is 2.07. The van der Waals surface area contributed by atoms with Crippen molar-refractivity contribution in [3.63, 3.8) is 0 Å². The second kappa shape index (κ2) is 11.0. The molecule has 194 valence electrons. The molecule has 7 aromatic carbocycles. The summed E-state index contributed by atoms with van der Waals surface area (Å²) in [6.45, 7) is 0. The molecular formula is C40H29N. The topological polar surface area (TPSA) is 3.24 Å². The second-order valence-corrected chi connectivity index (χ2v) is 9.22. The van der Waals surface area contributed by atoms with Crippen LogP contribution in [0.1, 0.15) is 17.8 Å². The first-order valence-electron chi connectivity index (χ1n) is 19.5. The summed E-state index contributed by atoms with van der Waals surface area (Å²) in [5.41, 5.74) is 0.697. The Morgan fingerprint density at radius 1 is 0.390 bits per heavy atom. The number of para-hydroxylation sites is 1. The molecule has 0 aliphatic rings. The molecule has 0 saturated carbocycles. The fourth-order valence-electron chi connectivity index (χ4n) is 4.75. The third-order valence-electron chi connectivity index (χ3n) is 6.68. The van der Waals surface area contributed by atoms with Crippen LogP contribution in [0.25, 0.3) is 44.2 Å². The molecule has 0 radical (unpaired) electrons. The Morgan fingerprint density at radius 3 is 1.68 bits per heavy atom. The van der Waals surface area contributed by atoms with E-state index in [0.29, 0.717) is 11.4 Å². The summed E-state index contributed by atoms with van der Waals surface area (Å²) in [7, 11) is 0. The van der Waals surface area contributed by atoms with Gasteiger partial charge in [0, 0.05) is 17.1 Å². The lowest BCUT2D eigenvalue weighted by atomic mass is 9.97. The summed E-state index contributed by atoms with van der Waals surface area (Å²) in [6, 6.07) is 21.5. The summed E-state index contributed by atoms with van der Waals surface area (Å²) in [5.74, 6) is 0. The highest BCUT2D eigenvalue weighted by Gasteiger charge is 2.14. The lowest BCUT2D eigenvalue weighted by molar-refractivity contribution is 1.28. The Kier molecular flexibility index (Phi) is 3.83. The fraction of sp³-hybridized carbons (Fsp3) is 0. The van der Waals surface area contributed by atoms with Crippen molar-refractivity contribution in [3.8, 4) is 33.4 Å². The van der Waals surface area contributed by atoms with Crippen molar-refractivity contribution in [2.45, 2.75) is 0 Å². The van der Waals surface area contributed by atoms with Crippen molar-refractivity contribution >= 4 is 27.8 Å². The van der Waals surface area contributed by atoms with Crippen LogP contribution in [0.4, 0.5) is 17.1 Å². The summed E-state index contributed by atoms with van der Waals surface area (Å²) in [4.78, 5) is 1.61. The number of benzene rings is 7. The highest BCUT2D eigenvalue weighted by molar-refractivity contribution is 5.97. The first-order chi connectivity index (χ1) is 25.8. The minimum absolute atomic E-state index is 0.110. The molecule has 0 heterocycles. The Bertz CT molecular complexity index is 2570. The molecule has 0 aromatic heterocycles. The zero-order chi connectivity index (χ0) is 38.7. The van der Waals surface area contributed by atoms with Crippen LogP contribution in [0.5, 0.6) is 0 Å². The third kappa shape index (κ3) is 5.02. The van der Waals surface area contributed by atoms with Gasteiger partial charge in [-0.3, -0.25) is 0 Å². The number of rotatable bonds is 6. The number of hydrogen-bond donors (Lipinski definition) is 0. The van der Waals surface area contributed by atoms with Gasteiger partial charge in [-0.2, -0.15) is 0 Å². The van der Waals surface area contributed by atoms with E-state index in [0.717, 1.165) is 21.9 Å². The van der Waals surface area contributed by atoms with Crippen LogP contribution in [0.2, 0.25) is 0 Å². The predicted octanol–water partition coefficient (Wildman–Crippen LogP) is 11.3. The van der Waals surface area contributed by atoms with E-state index in [9.17, 15) is 2.74 Å². The number of hydrogen-bond acceptors (Lipinski definition) is 1. The Labute approximate surface area is 259 Å². The van der Waals surface area contributed by atoms with E-state index in [1.807, 2.05) is 66.7 Å². The van der Waals surface area contributed by atoms with E-state index >= 15 is 0 Å². The molecule has 0 unspecified atom stereocenters. The van der Waals surface area contributed by atoms with Crippen molar-refractivity contribution < 1.29 is 17.8 Å². The lowest BCUT2D eigenvalue weighted by Crippen LogP contribution is -2.09. The van der Waals surface area contributed by atoms with Gasteiger partial charge >= 0.3 is 0 Å². The van der Waals surface area contributed by atoms with Crippen molar-refractivity contribution in [1.82, 2.24) is 0 Å². The van der Waals surface area contributed by atoms with Crippen molar-refractivity contribution in [3.05, 3.63) is 176 Å². The van der Waals surface area contributed by atoms with Crippen LogP contribution in [0, 0.1) is 0 Å². The van der Waals surface area contributed by atoms with Crippen LogP contribution in [-0.4, -0.2) is 0 Å². The van der Waals surface area contributed by atoms with Crippen LogP contribution >= 0.6 is 0 Å². The molecule has 0 atom stereocenters. The molecule has 1 heteroatoms. The molecular weight excluding hydrogens is 494 g/mol. The maximum absolute atomic E-state index is 9.27. The highest BCUT2D eigenvalue weighted by atomic mass is 15.1. The van der Waals surface area contributed by atoms with Gasteiger partial charge in [-0.1, -0.05) is 139 Å². The molecule has 7 aromatic rings. The molecule has 0 spiro atoms. The van der Waals surface area contributed by atoms with Gasteiger partial charge in [0.1, 0.15) is 0 Å². The third-order valence-corrected chi connectivity index (χ3v) is 6.68. The molecule has 7 rings (SSSR count). The van der Waals surface area contributed by atoms with E-state index in [2.05, 4.69) is 0 Å². The number of nitrogens with zero attached hydrogens (tertiary/aromatic N) is 1. The zero-order valence-electron chi connectivity index (χ0n) is 34.7. The molecule has 0 bridgehead atoms. The van der Waals surface area contributed by atoms with E-state index in [1.54, 1.807) is 35.2 Å². The Morgan fingerprint density at radius 2 is 0.951 bits per heavy atom. The van der Waals surface area contributed by atoms with Crippen LogP contribution < -0.4 is 4.90 Å². The quantitative estimate of drug-likeness (QED) is 0.204. The van der Waals surface area contributed by atoms with Crippen LogP contribution in [0.15, 0.2) is 176 Å². The van der Waals surface area contributed by atoms with Gasteiger partial charge in [0.2, 0.25) is 0 Å². The molecule has 0 aliphatic heterocycles. The maximum Gasteiger partial charge on any atom is 0.0645 e. The first-order valence-corrected chi connectivity index (χ1v) is 13.0. The molecule has 0 fully saturated rings. The zero-order valence-corrected chi connectivity index (χ0v) is 21.7. The average Bonchev–Trinajstić information content (AvgIpc) is 3.19. The fourth-order valence-corrected chi connectivity index (χ4v) is 4.75. The standard InChI is InChI=1S/C40H29N/c1-3-11-30(12-4-1)31-21-23-32(24-22-31)33-25-27-37(28-26-33)41(36-16-5-2-6-17-36)38-18-9-15-35(29-38)40-20-10-14-34-13-7-8-19-39(34)40/h1-29H/i1D,3D,4D,11D,12D,21D,22D,23D,24D,25D,26D,27D,28D. The largest absolute Gasteiger partial charge is 0.310 e. The highest BCUT2D eigenvalue weighted by Crippen LogP contribution is 2.38. The number of fused-ring (bicyclic) bond motifs is 1. The van der Waals surface area contributed by atoms with Gasteiger partial charge in [0.05, 0.1) is 17.8 Å². The number of anilines is 3. The Hall–Kier alpha value is -5.40. The predicted molar refractivity (Wildman–Crippen MR) is 175 cm³/mol. The summed E-state index contributed by atoms with van der Waals surface area (Å²) < 4.78 is 113. The molecule has 0 amide bonds. The summed E-state index contributed by atoms with van der Waals surface area (Å²) >= 11 is 0. The minimum atomic E-state index is -0.762.